The first kappa shape index (κ1) is 8.06. The molecule has 0 N–H and O–H groups in total. The second-order valence-corrected chi connectivity index (χ2v) is 2.61. The highest BCUT2D eigenvalue weighted by atomic mass is 16.1. The summed E-state index contributed by atoms with van der Waals surface area (Å²) in [5, 5.41) is 0. The molecule has 0 fully saturated rings. The Labute approximate surface area is 67.8 Å². The van der Waals surface area contributed by atoms with Crippen LogP contribution in [0.3, 0.4) is 0 Å². The van der Waals surface area contributed by atoms with Gasteiger partial charge in [0.15, 0.2) is 7.85 Å². The first-order valence-corrected chi connectivity index (χ1v) is 3.49. The van der Waals surface area contributed by atoms with Gasteiger partial charge in [-0.1, -0.05) is 18.2 Å². The van der Waals surface area contributed by atoms with Crippen LogP contribution in [0.15, 0.2) is 18.2 Å². The topological polar surface area (TPSA) is 17.1 Å². The van der Waals surface area contributed by atoms with Crippen LogP contribution >= 0.6 is 0 Å². The molecular formula is C9H9BO. The summed E-state index contributed by atoms with van der Waals surface area (Å²) < 4.78 is 0. The van der Waals surface area contributed by atoms with Crippen LogP contribution in [0.25, 0.3) is 0 Å². The number of hydrogen-bond acceptors (Lipinski definition) is 1. The van der Waals surface area contributed by atoms with E-state index in [0.29, 0.717) is 5.56 Å². The quantitative estimate of drug-likeness (QED) is 0.547. The van der Waals surface area contributed by atoms with Crippen molar-refractivity contribution in [1.29, 1.82) is 0 Å². The molecule has 11 heavy (non-hydrogen) atoms. The monoisotopic (exact) mass is 144 g/mol. The van der Waals surface area contributed by atoms with E-state index in [4.69, 9.17) is 7.85 Å². The maximum absolute atomic E-state index is 10.8. The minimum atomic E-state index is -0.355. The third kappa shape index (κ3) is 1.51. The van der Waals surface area contributed by atoms with Crippen LogP contribution in [0.4, 0.5) is 0 Å². The van der Waals surface area contributed by atoms with Crippen molar-refractivity contribution in [2.45, 2.75) is 13.8 Å². The average molecular weight is 144 g/mol. The second kappa shape index (κ2) is 2.91. The summed E-state index contributed by atoms with van der Waals surface area (Å²) in [5.74, 6) is 0. The van der Waals surface area contributed by atoms with Crippen molar-refractivity contribution in [2.24, 2.45) is 0 Å². The van der Waals surface area contributed by atoms with Crippen molar-refractivity contribution < 1.29 is 4.79 Å². The van der Waals surface area contributed by atoms with E-state index in [1.165, 1.54) is 0 Å². The van der Waals surface area contributed by atoms with Gasteiger partial charge in [0, 0.05) is 5.56 Å². The van der Waals surface area contributed by atoms with Gasteiger partial charge in [-0.3, -0.25) is 0 Å². The maximum atomic E-state index is 10.8. The third-order valence-electron chi connectivity index (χ3n) is 1.87. The van der Waals surface area contributed by atoms with Crippen molar-refractivity contribution in [3.8, 4) is 0 Å². The number of carbonyl (C=O) groups is 1. The molecule has 0 aliphatic carbocycles. The summed E-state index contributed by atoms with van der Waals surface area (Å²) in [4.78, 5) is 10.8. The van der Waals surface area contributed by atoms with E-state index in [1.54, 1.807) is 6.07 Å². The molecular weight excluding hydrogens is 135 g/mol. The summed E-state index contributed by atoms with van der Waals surface area (Å²) in [5.41, 5.74) is 2.33. The molecule has 54 valence electrons. The summed E-state index contributed by atoms with van der Waals surface area (Å²) in [6, 6.07) is 5.54. The largest absolute Gasteiger partial charge is 0.307 e. The summed E-state index contributed by atoms with van der Waals surface area (Å²) in [7, 11) is 5.14. The Morgan fingerprint density at radius 1 is 1.36 bits per heavy atom. The Bertz CT molecular complexity index is 292. The molecule has 0 aliphatic heterocycles. The van der Waals surface area contributed by atoms with Gasteiger partial charge in [0.2, 0.25) is 0 Å². The van der Waals surface area contributed by atoms with E-state index >= 15 is 0 Å². The van der Waals surface area contributed by atoms with Crippen LogP contribution < -0.4 is 0 Å². The molecule has 0 saturated heterocycles. The van der Waals surface area contributed by atoms with Crippen molar-refractivity contribution in [3.05, 3.63) is 34.9 Å². The van der Waals surface area contributed by atoms with E-state index in [9.17, 15) is 4.79 Å². The molecule has 0 atom stereocenters. The first-order valence-electron chi connectivity index (χ1n) is 3.49. The lowest BCUT2D eigenvalue weighted by atomic mass is 9.90. The second-order valence-electron chi connectivity index (χ2n) is 2.61. The zero-order valence-electron chi connectivity index (χ0n) is 6.72. The van der Waals surface area contributed by atoms with Crippen LogP contribution in [0.2, 0.25) is 0 Å². The zero-order chi connectivity index (χ0) is 8.43. The van der Waals surface area contributed by atoms with Crippen molar-refractivity contribution in [3.63, 3.8) is 0 Å². The first-order chi connectivity index (χ1) is 5.13. The van der Waals surface area contributed by atoms with E-state index in [2.05, 4.69) is 0 Å². The van der Waals surface area contributed by atoms with Crippen LogP contribution in [0.5, 0.6) is 0 Å². The van der Waals surface area contributed by atoms with Crippen molar-refractivity contribution in [2.75, 3.05) is 0 Å². The normalized spacial score (nSPS) is 9.64. The third-order valence-corrected chi connectivity index (χ3v) is 1.87. The molecule has 1 rings (SSSR count). The molecule has 0 unspecified atom stereocenters. The van der Waals surface area contributed by atoms with Crippen LogP contribution in [0.1, 0.15) is 21.5 Å². The fourth-order valence-corrected chi connectivity index (χ4v) is 1.02. The minimum Gasteiger partial charge on any atom is -0.307 e. The molecule has 0 amide bonds. The summed E-state index contributed by atoms with van der Waals surface area (Å²) >= 11 is 0. The maximum Gasteiger partial charge on any atom is 0.175 e. The van der Waals surface area contributed by atoms with Crippen molar-refractivity contribution in [1.82, 2.24) is 0 Å². The number of hydrogen-bond donors (Lipinski definition) is 0. The van der Waals surface area contributed by atoms with Gasteiger partial charge in [-0.25, -0.2) is 0 Å². The SMILES string of the molecule is [B]C(=O)c1cccc(C)c1C. The molecule has 0 aromatic heterocycles. The molecule has 1 aromatic carbocycles. The predicted molar refractivity (Wildman–Crippen MR) is 46.0 cm³/mol. The minimum absolute atomic E-state index is 0.355. The van der Waals surface area contributed by atoms with Crippen LogP contribution in [-0.4, -0.2) is 13.5 Å². The highest BCUT2D eigenvalue weighted by molar-refractivity contribution is 6.62. The number of benzene rings is 1. The van der Waals surface area contributed by atoms with Crippen LogP contribution in [-0.2, 0) is 0 Å². The lowest BCUT2D eigenvalue weighted by molar-refractivity contribution is 0.108. The molecule has 2 radical (unpaired) electrons. The Morgan fingerprint density at radius 2 is 2.00 bits per heavy atom. The summed E-state index contributed by atoms with van der Waals surface area (Å²) in [6.07, 6.45) is 0. The predicted octanol–water partition coefficient (Wildman–Crippen LogP) is 1.61. The molecule has 1 aromatic rings. The molecule has 0 saturated carbocycles. The van der Waals surface area contributed by atoms with Crippen molar-refractivity contribution >= 4 is 13.5 Å². The molecule has 0 aliphatic rings. The Kier molecular flexibility index (Phi) is 2.13. The van der Waals surface area contributed by atoms with Gasteiger partial charge >= 0.3 is 0 Å². The molecule has 0 heterocycles. The van der Waals surface area contributed by atoms with E-state index < -0.39 is 0 Å². The Balaban J connectivity index is 3.27. The van der Waals surface area contributed by atoms with Gasteiger partial charge in [-0.15, -0.1) is 0 Å². The fourth-order valence-electron chi connectivity index (χ4n) is 1.02. The van der Waals surface area contributed by atoms with E-state index in [0.717, 1.165) is 11.1 Å². The average Bonchev–Trinajstić information content (AvgIpc) is 1.94. The number of aryl methyl sites for hydroxylation is 1. The lowest BCUT2D eigenvalue weighted by Crippen LogP contribution is -2.01. The van der Waals surface area contributed by atoms with Crippen LogP contribution in [0, 0.1) is 13.8 Å². The van der Waals surface area contributed by atoms with Gasteiger partial charge < -0.3 is 4.79 Å². The van der Waals surface area contributed by atoms with Gasteiger partial charge in [-0.2, -0.15) is 0 Å². The standard InChI is InChI=1S/C9H9BO/c1-6-4-3-5-8(7(6)2)9(10)11/h3-5H,1-2H3. The highest BCUT2D eigenvalue weighted by Gasteiger charge is 2.02. The molecule has 0 spiro atoms. The van der Waals surface area contributed by atoms with Gasteiger partial charge in [0.1, 0.15) is 5.68 Å². The zero-order valence-corrected chi connectivity index (χ0v) is 6.72. The highest BCUT2D eigenvalue weighted by Crippen LogP contribution is 2.11. The van der Waals surface area contributed by atoms with Gasteiger partial charge in [0.05, 0.1) is 0 Å². The Hall–Kier alpha value is -1.05. The summed E-state index contributed by atoms with van der Waals surface area (Å²) in [6.45, 7) is 3.86. The Morgan fingerprint density at radius 3 is 2.45 bits per heavy atom. The van der Waals surface area contributed by atoms with Gasteiger partial charge in [0.25, 0.3) is 0 Å². The fraction of sp³-hybridized carbons (Fsp3) is 0.222. The smallest absolute Gasteiger partial charge is 0.175 e. The van der Waals surface area contributed by atoms with E-state index in [-0.39, 0.29) is 5.68 Å². The lowest BCUT2D eigenvalue weighted by Gasteiger charge is -2.03. The van der Waals surface area contributed by atoms with E-state index in [1.807, 2.05) is 26.0 Å². The molecule has 0 bridgehead atoms. The molecule has 2 heteroatoms. The number of rotatable bonds is 1. The number of carbonyl (C=O) groups excluding carboxylic acids is 1. The van der Waals surface area contributed by atoms with Gasteiger partial charge in [-0.05, 0) is 25.0 Å². The molecule has 1 nitrogen and oxygen atoms in total.